The van der Waals surface area contributed by atoms with Crippen LogP contribution in [0.15, 0.2) is 27.4 Å². The third kappa shape index (κ3) is 1.54. The largest absolute Gasteiger partial charge is 0.504 e. The van der Waals surface area contributed by atoms with Gasteiger partial charge < -0.3 is 14.3 Å². The predicted octanol–water partition coefficient (Wildman–Crippen LogP) is 1.82. The molecule has 0 saturated heterocycles. The minimum Gasteiger partial charge on any atom is -0.504 e. The lowest BCUT2D eigenvalue weighted by molar-refractivity contribution is 0.373. The zero-order valence-corrected chi connectivity index (χ0v) is 8.40. The molecule has 0 fully saturated rings. The van der Waals surface area contributed by atoms with Gasteiger partial charge in [0.1, 0.15) is 5.58 Å². The number of aryl methyl sites for hydroxylation is 1. The molecule has 0 amide bonds. The second kappa shape index (κ2) is 3.31. The number of aromatic hydroxyl groups is 1. The van der Waals surface area contributed by atoms with Gasteiger partial charge in [0.25, 0.3) is 0 Å². The number of phenols is 1. The third-order valence-corrected chi connectivity index (χ3v) is 2.21. The summed E-state index contributed by atoms with van der Waals surface area (Å²) in [7, 11) is 1.47. The maximum atomic E-state index is 11.2. The highest BCUT2D eigenvalue weighted by molar-refractivity contribution is 5.81. The van der Waals surface area contributed by atoms with Crippen molar-refractivity contribution in [3.63, 3.8) is 0 Å². The highest BCUT2D eigenvalue weighted by Crippen LogP contribution is 2.30. The number of benzene rings is 1. The Kier molecular flexibility index (Phi) is 2.11. The number of phenolic OH excluding ortho intramolecular Hbond substituents is 1. The molecule has 1 aromatic heterocycles. The van der Waals surface area contributed by atoms with Crippen LogP contribution in [0.2, 0.25) is 0 Å². The van der Waals surface area contributed by atoms with E-state index in [1.165, 1.54) is 13.2 Å². The Hall–Kier alpha value is -1.97. The molecule has 78 valence electrons. The lowest BCUT2D eigenvalue weighted by Gasteiger charge is -2.04. The van der Waals surface area contributed by atoms with Gasteiger partial charge >= 0.3 is 5.63 Å². The standard InChI is InChI=1S/C11H10O4/c1-6-3-7-4-10(14-2)8(12)5-9(7)15-11(6)13/h3-5,12H,1-2H3. The van der Waals surface area contributed by atoms with E-state index in [0.717, 1.165) is 5.39 Å². The van der Waals surface area contributed by atoms with Gasteiger partial charge in [-0.25, -0.2) is 4.79 Å². The van der Waals surface area contributed by atoms with Gasteiger partial charge in [-0.15, -0.1) is 0 Å². The smallest absolute Gasteiger partial charge is 0.339 e. The molecule has 4 heteroatoms. The summed E-state index contributed by atoms with van der Waals surface area (Å²) in [5.41, 5.74) is 0.478. The van der Waals surface area contributed by atoms with Crippen LogP contribution < -0.4 is 10.4 Å². The summed E-state index contributed by atoms with van der Waals surface area (Å²) < 4.78 is 9.96. The molecule has 0 radical (unpaired) electrons. The van der Waals surface area contributed by atoms with E-state index < -0.39 is 5.63 Å². The number of fused-ring (bicyclic) bond motifs is 1. The Labute approximate surface area is 85.7 Å². The highest BCUT2D eigenvalue weighted by Gasteiger charge is 2.07. The monoisotopic (exact) mass is 206 g/mol. The molecule has 1 heterocycles. The SMILES string of the molecule is COc1cc2cc(C)c(=O)oc2cc1O. The predicted molar refractivity (Wildman–Crippen MR) is 55.4 cm³/mol. The van der Waals surface area contributed by atoms with Crippen LogP contribution >= 0.6 is 0 Å². The molecule has 0 aliphatic rings. The van der Waals surface area contributed by atoms with Crippen molar-refractivity contribution in [3.8, 4) is 11.5 Å². The lowest BCUT2D eigenvalue weighted by atomic mass is 10.2. The van der Waals surface area contributed by atoms with Crippen LogP contribution in [-0.2, 0) is 0 Å². The van der Waals surface area contributed by atoms with Gasteiger partial charge in [-0.1, -0.05) is 0 Å². The molecule has 0 bridgehead atoms. The lowest BCUT2D eigenvalue weighted by Crippen LogP contribution is -2.01. The minimum atomic E-state index is -0.396. The van der Waals surface area contributed by atoms with Crippen LogP contribution in [0.5, 0.6) is 11.5 Å². The van der Waals surface area contributed by atoms with Crippen molar-refractivity contribution in [1.82, 2.24) is 0 Å². The number of methoxy groups -OCH3 is 1. The van der Waals surface area contributed by atoms with E-state index >= 15 is 0 Å². The molecule has 0 atom stereocenters. The Bertz CT molecular complexity index is 569. The van der Waals surface area contributed by atoms with Gasteiger partial charge in [0.2, 0.25) is 0 Å². The third-order valence-electron chi connectivity index (χ3n) is 2.21. The molecule has 1 aromatic carbocycles. The molecule has 2 aromatic rings. The fourth-order valence-corrected chi connectivity index (χ4v) is 1.40. The van der Waals surface area contributed by atoms with E-state index in [1.54, 1.807) is 19.1 Å². The second-order valence-corrected chi connectivity index (χ2v) is 3.28. The maximum absolute atomic E-state index is 11.2. The number of hydrogen-bond donors (Lipinski definition) is 1. The van der Waals surface area contributed by atoms with Gasteiger partial charge in [0.05, 0.1) is 7.11 Å². The average molecular weight is 206 g/mol. The summed E-state index contributed by atoms with van der Waals surface area (Å²) in [5.74, 6) is 0.313. The molecule has 0 unspecified atom stereocenters. The first-order valence-electron chi connectivity index (χ1n) is 4.43. The Balaban J connectivity index is 2.82. The molecular formula is C11H10O4. The number of hydrogen-bond acceptors (Lipinski definition) is 4. The minimum absolute atomic E-state index is 0.0444. The van der Waals surface area contributed by atoms with E-state index in [-0.39, 0.29) is 5.75 Å². The average Bonchev–Trinajstić information content (AvgIpc) is 2.20. The van der Waals surface area contributed by atoms with Gasteiger partial charge in [0, 0.05) is 17.0 Å². The molecule has 0 aliphatic heterocycles. The first-order chi connectivity index (χ1) is 7.11. The van der Waals surface area contributed by atoms with Crippen molar-refractivity contribution in [2.24, 2.45) is 0 Å². The van der Waals surface area contributed by atoms with E-state index in [4.69, 9.17) is 9.15 Å². The van der Waals surface area contributed by atoms with Gasteiger partial charge in [-0.2, -0.15) is 0 Å². The second-order valence-electron chi connectivity index (χ2n) is 3.28. The summed E-state index contributed by atoms with van der Waals surface area (Å²) in [6.45, 7) is 1.67. The normalized spacial score (nSPS) is 10.5. The number of rotatable bonds is 1. The zero-order chi connectivity index (χ0) is 11.0. The Morgan fingerprint density at radius 1 is 1.33 bits per heavy atom. The van der Waals surface area contributed by atoms with Crippen LogP contribution in [0.4, 0.5) is 0 Å². The van der Waals surface area contributed by atoms with Crippen molar-refractivity contribution in [2.45, 2.75) is 6.92 Å². The first-order valence-corrected chi connectivity index (χ1v) is 4.43. The summed E-state index contributed by atoms with van der Waals surface area (Å²) in [6, 6.07) is 4.69. The highest BCUT2D eigenvalue weighted by atomic mass is 16.5. The molecule has 0 aliphatic carbocycles. The zero-order valence-electron chi connectivity index (χ0n) is 8.40. The van der Waals surface area contributed by atoms with Crippen LogP contribution in [0.1, 0.15) is 5.56 Å². The van der Waals surface area contributed by atoms with E-state index in [2.05, 4.69) is 0 Å². The van der Waals surface area contributed by atoms with E-state index in [1.807, 2.05) is 0 Å². The van der Waals surface area contributed by atoms with Crippen molar-refractivity contribution < 1.29 is 14.3 Å². The molecule has 1 N–H and O–H groups in total. The Morgan fingerprint density at radius 3 is 2.73 bits per heavy atom. The first kappa shape index (κ1) is 9.58. The van der Waals surface area contributed by atoms with Crippen molar-refractivity contribution in [1.29, 1.82) is 0 Å². The van der Waals surface area contributed by atoms with Crippen molar-refractivity contribution >= 4 is 11.0 Å². The summed E-state index contributed by atoms with van der Waals surface area (Å²) in [5, 5.41) is 10.2. The summed E-state index contributed by atoms with van der Waals surface area (Å²) in [6.07, 6.45) is 0. The maximum Gasteiger partial charge on any atom is 0.339 e. The van der Waals surface area contributed by atoms with Crippen molar-refractivity contribution in [3.05, 3.63) is 34.2 Å². The molecule has 2 rings (SSSR count). The molecule has 0 spiro atoms. The van der Waals surface area contributed by atoms with Crippen molar-refractivity contribution in [2.75, 3.05) is 7.11 Å². The summed E-state index contributed by atoms with van der Waals surface area (Å²) in [4.78, 5) is 11.2. The van der Waals surface area contributed by atoms with Gasteiger partial charge in [-0.05, 0) is 19.1 Å². The Morgan fingerprint density at radius 2 is 2.07 bits per heavy atom. The van der Waals surface area contributed by atoms with Crippen LogP contribution in [0.25, 0.3) is 11.0 Å². The molecule has 0 saturated carbocycles. The molecule has 4 nitrogen and oxygen atoms in total. The molecule has 15 heavy (non-hydrogen) atoms. The van der Waals surface area contributed by atoms with Crippen LogP contribution in [-0.4, -0.2) is 12.2 Å². The van der Waals surface area contributed by atoms with Crippen LogP contribution in [0.3, 0.4) is 0 Å². The van der Waals surface area contributed by atoms with Gasteiger partial charge in [0.15, 0.2) is 11.5 Å². The fraction of sp³-hybridized carbons (Fsp3) is 0.182. The topological polar surface area (TPSA) is 59.7 Å². The fourth-order valence-electron chi connectivity index (χ4n) is 1.40. The van der Waals surface area contributed by atoms with Crippen LogP contribution in [0, 0.1) is 6.92 Å². The molecular weight excluding hydrogens is 196 g/mol. The van der Waals surface area contributed by atoms with Gasteiger partial charge in [-0.3, -0.25) is 0 Å². The number of ether oxygens (including phenoxy) is 1. The van der Waals surface area contributed by atoms with E-state index in [9.17, 15) is 9.90 Å². The van der Waals surface area contributed by atoms with E-state index in [0.29, 0.717) is 16.9 Å². The summed E-state index contributed by atoms with van der Waals surface area (Å²) >= 11 is 0. The quantitative estimate of drug-likeness (QED) is 0.723.